The molecule has 9 heteroatoms. The van der Waals surface area contributed by atoms with E-state index in [1.54, 1.807) is 18.4 Å². The molecule has 0 radical (unpaired) electrons. The molecule has 35 heavy (non-hydrogen) atoms. The van der Waals surface area contributed by atoms with E-state index in [1.165, 1.54) is 5.56 Å². The van der Waals surface area contributed by atoms with Crippen LogP contribution in [0.1, 0.15) is 29.5 Å². The van der Waals surface area contributed by atoms with Crippen molar-refractivity contribution in [2.45, 2.75) is 25.4 Å². The maximum absolute atomic E-state index is 9.55. The predicted octanol–water partition coefficient (Wildman–Crippen LogP) is 5.41. The molecule has 7 nitrogen and oxygen atoms in total. The summed E-state index contributed by atoms with van der Waals surface area (Å²) in [7, 11) is 1.61. The lowest BCUT2D eigenvalue weighted by atomic mass is 10.0. The predicted molar refractivity (Wildman–Crippen MR) is 141 cm³/mol. The minimum absolute atomic E-state index is 0.218. The van der Waals surface area contributed by atoms with Crippen LogP contribution in [0.5, 0.6) is 0 Å². The highest BCUT2D eigenvalue weighted by Gasteiger charge is 2.25. The lowest BCUT2D eigenvalue weighted by Gasteiger charge is -2.28. The molecule has 0 bridgehead atoms. The maximum atomic E-state index is 9.55. The Kier molecular flexibility index (Phi) is 7.22. The van der Waals surface area contributed by atoms with Crippen LogP contribution in [0.25, 0.3) is 11.6 Å². The third-order valence-electron chi connectivity index (χ3n) is 6.49. The lowest BCUT2D eigenvalue weighted by Crippen LogP contribution is -2.31. The van der Waals surface area contributed by atoms with Crippen molar-refractivity contribution in [2.24, 2.45) is 0 Å². The zero-order chi connectivity index (χ0) is 24.4. The van der Waals surface area contributed by atoms with Crippen molar-refractivity contribution in [3.8, 4) is 0 Å². The highest BCUT2D eigenvalue weighted by Crippen LogP contribution is 2.37. The number of likely N-dealkylation sites (tertiary alicyclic amines) is 1. The number of aliphatic hydroxyl groups excluding tert-OH is 1. The number of rotatable bonds is 7. The highest BCUT2D eigenvalue weighted by atomic mass is 35.5. The molecule has 0 amide bonds. The average molecular weight is 512 g/mol. The molecule has 0 aliphatic carbocycles. The molecule has 182 valence electrons. The summed E-state index contributed by atoms with van der Waals surface area (Å²) in [4.78, 5) is 17.2. The number of nitrogens with zero attached hydrogens (tertiary/aromatic N) is 4. The van der Waals surface area contributed by atoms with Gasteiger partial charge in [-0.1, -0.05) is 41.4 Å². The minimum Gasteiger partial charge on any atom is -0.395 e. The van der Waals surface area contributed by atoms with E-state index < -0.39 is 0 Å². The molecule has 2 N–H and O–H groups in total. The van der Waals surface area contributed by atoms with E-state index in [2.05, 4.69) is 27.3 Å². The third-order valence-corrected chi connectivity index (χ3v) is 7.12. The Labute approximate surface area is 214 Å². The van der Waals surface area contributed by atoms with E-state index in [4.69, 9.17) is 33.0 Å². The van der Waals surface area contributed by atoms with Gasteiger partial charge in [0.05, 0.1) is 20.3 Å². The number of aliphatic hydroxyl groups is 1. The van der Waals surface area contributed by atoms with E-state index in [9.17, 15) is 5.11 Å². The van der Waals surface area contributed by atoms with Crippen molar-refractivity contribution in [1.82, 2.24) is 14.9 Å². The van der Waals surface area contributed by atoms with E-state index in [1.807, 2.05) is 36.4 Å². The van der Waals surface area contributed by atoms with Gasteiger partial charge in [-0.15, -0.1) is 0 Å². The van der Waals surface area contributed by atoms with Crippen LogP contribution in [-0.4, -0.2) is 52.8 Å². The number of halogens is 2. The highest BCUT2D eigenvalue weighted by molar-refractivity contribution is 6.38. The van der Waals surface area contributed by atoms with Gasteiger partial charge in [-0.3, -0.25) is 9.74 Å². The van der Waals surface area contributed by atoms with Gasteiger partial charge in [0.15, 0.2) is 5.82 Å². The number of benzene rings is 2. The van der Waals surface area contributed by atoms with Crippen LogP contribution in [0.3, 0.4) is 0 Å². The van der Waals surface area contributed by atoms with Crippen LogP contribution in [0.4, 0.5) is 17.5 Å². The molecule has 5 rings (SSSR count). The van der Waals surface area contributed by atoms with Crippen LogP contribution in [0.15, 0.2) is 48.7 Å². The van der Waals surface area contributed by atoms with E-state index in [0.717, 1.165) is 48.3 Å². The second-order valence-electron chi connectivity index (χ2n) is 8.73. The van der Waals surface area contributed by atoms with Gasteiger partial charge < -0.3 is 10.4 Å². The topological polar surface area (TPSA) is 73.8 Å². The fourth-order valence-corrected chi connectivity index (χ4v) is 5.32. The summed E-state index contributed by atoms with van der Waals surface area (Å²) in [6.45, 7) is 2.54. The number of aromatic nitrogens is 2. The summed E-state index contributed by atoms with van der Waals surface area (Å²) in [6.07, 6.45) is 5.96. The number of nitrogens with one attached hydrogen (secondary N) is 1. The molecule has 1 atom stereocenters. The van der Waals surface area contributed by atoms with Gasteiger partial charge in [0.2, 0.25) is 5.95 Å². The number of fused-ring (bicyclic) bond motifs is 1. The van der Waals surface area contributed by atoms with Crippen molar-refractivity contribution >= 4 is 52.3 Å². The van der Waals surface area contributed by atoms with Crippen LogP contribution in [0, 0.1) is 0 Å². The van der Waals surface area contributed by atoms with Gasteiger partial charge in [0.1, 0.15) is 0 Å². The maximum Gasteiger partial charge on any atom is 0.229 e. The first kappa shape index (κ1) is 24.0. The Morgan fingerprint density at radius 3 is 2.63 bits per heavy atom. The van der Waals surface area contributed by atoms with Gasteiger partial charge in [-0.05, 0) is 60.9 Å². The zero-order valence-corrected chi connectivity index (χ0v) is 20.9. The van der Waals surface area contributed by atoms with E-state index >= 15 is 0 Å². The SMILES string of the molecule is CON1CC(c2c(Cl)cccc2Cl)=Cc2cnc(Nc3ccc(CN4CCC[C@H]4CO)cc3)nc21. The van der Waals surface area contributed by atoms with E-state index in [-0.39, 0.29) is 12.6 Å². The van der Waals surface area contributed by atoms with Gasteiger partial charge >= 0.3 is 0 Å². The summed E-state index contributed by atoms with van der Waals surface area (Å²) >= 11 is 12.9. The molecule has 1 saturated heterocycles. The standard InChI is InChI=1S/C26H27Cl2N5O2/c1-35-33-15-19(24-22(27)5-2-6-23(24)28)12-18-13-29-26(31-25(18)33)30-20-9-7-17(8-10-20)14-32-11-3-4-21(32)16-34/h2,5-10,12-13,21,34H,3-4,11,14-16H2,1H3,(H,29,30,31)/t21-/m0/s1. The number of anilines is 3. The molecule has 2 aliphatic rings. The minimum atomic E-state index is 0.218. The Morgan fingerprint density at radius 2 is 1.91 bits per heavy atom. The smallest absolute Gasteiger partial charge is 0.229 e. The number of hydrogen-bond acceptors (Lipinski definition) is 7. The Bertz CT molecular complexity index is 1210. The number of hydroxylamine groups is 1. The van der Waals surface area contributed by atoms with Crippen molar-refractivity contribution in [2.75, 3.05) is 37.2 Å². The largest absolute Gasteiger partial charge is 0.395 e. The van der Waals surface area contributed by atoms with Crippen LogP contribution in [0.2, 0.25) is 10.0 Å². The van der Waals surface area contributed by atoms with Crippen molar-refractivity contribution in [1.29, 1.82) is 0 Å². The Morgan fingerprint density at radius 1 is 1.14 bits per heavy atom. The zero-order valence-electron chi connectivity index (χ0n) is 19.4. The molecule has 3 aromatic rings. The first-order valence-electron chi connectivity index (χ1n) is 11.6. The molecular formula is C26H27Cl2N5O2. The van der Waals surface area contributed by atoms with Gasteiger partial charge in [0, 0.05) is 45.6 Å². The van der Waals surface area contributed by atoms with Crippen molar-refractivity contribution < 1.29 is 9.94 Å². The average Bonchev–Trinajstić information content (AvgIpc) is 3.32. The first-order chi connectivity index (χ1) is 17.1. The summed E-state index contributed by atoms with van der Waals surface area (Å²) < 4.78 is 0. The molecule has 0 saturated carbocycles. The quantitative estimate of drug-likeness (QED) is 0.439. The molecule has 3 heterocycles. The first-order valence-corrected chi connectivity index (χ1v) is 12.4. The molecule has 0 spiro atoms. The fourth-order valence-electron chi connectivity index (χ4n) is 4.68. The van der Waals surface area contributed by atoms with Crippen LogP contribution >= 0.6 is 23.2 Å². The van der Waals surface area contributed by atoms with Crippen LogP contribution < -0.4 is 10.4 Å². The molecule has 0 unspecified atom stereocenters. The molecule has 2 aliphatic heterocycles. The van der Waals surface area contributed by atoms with Crippen LogP contribution in [-0.2, 0) is 11.4 Å². The fraction of sp³-hybridized carbons (Fsp3) is 0.308. The summed E-state index contributed by atoms with van der Waals surface area (Å²) in [5, 5.41) is 15.7. The van der Waals surface area contributed by atoms with Gasteiger partial charge in [-0.2, -0.15) is 4.98 Å². The van der Waals surface area contributed by atoms with E-state index in [0.29, 0.717) is 28.4 Å². The van der Waals surface area contributed by atoms with Crippen molar-refractivity contribution in [3.05, 3.63) is 75.4 Å². The molecule has 2 aromatic carbocycles. The Balaban J connectivity index is 1.34. The normalized spacial score (nSPS) is 17.9. The number of hydrogen-bond donors (Lipinski definition) is 2. The molecule has 1 aromatic heterocycles. The molecular weight excluding hydrogens is 485 g/mol. The third kappa shape index (κ3) is 5.15. The summed E-state index contributed by atoms with van der Waals surface area (Å²) in [6, 6.07) is 14.0. The Hall–Kier alpha value is -2.68. The summed E-state index contributed by atoms with van der Waals surface area (Å²) in [5.74, 6) is 1.14. The van der Waals surface area contributed by atoms with Gasteiger partial charge in [0.25, 0.3) is 0 Å². The van der Waals surface area contributed by atoms with Crippen molar-refractivity contribution in [3.63, 3.8) is 0 Å². The monoisotopic (exact) mass is 511 g/mol. The second-order valence-corrected chi connectivity index (χ2v) is 9.54. The summed E-state index contributed by atoms with van der Waals surface area (Å²) in [5.41, 5.74) is 4.63. The molecule has 1 fully saturated rings. The van der Waals surface area contributed by atoms with Gasteiger partial charge in [-0.25, -0.2) is 10.0 Å². The second kappa shape index (κ2) is 10.5. The lowest BCUT2D eigenvalue weighted by molar-refractivity contribution is 0.153.